The Labute approximate surface area is 168 Å². The summed E-state index contributed by atoms with van der Waals surface area (Å²) in [5, 5.41) is 11.4. The number of nitrogens with zero attached hydrogens (tertiary/aromatic N) is 3. The molecule has 0 aliphatic carbocycles. The first-order valence-electron chi connectivity index (χ1n) is 9.42. The van der Waals surface area contributed by atoms with Gasteiger partial charge in [-0.3, -0.25) is 10.1 Å². The van der Waals surface area contributed by atoms with Gasteiger partial charge in [-0.05, 0) is 30.5 Å². The predicted octanol–water partition coefficient (Wildman–Crippen LogP) is 3.50. The van der Waals surface area contributed by atoms with Crippen LogP contribution < -0.4 is 4.90 Å². The molecule has 0 unspecified atom stereocenters. The van der Waals surface area contributed by atoms with Crippen LogP contribution in [0.4, 0.5) is 11.4 Å². The smallest absolute Gasteiger partial charge is 0.271 e. The van der Waals surface area contributed by atoms with E-state index in [0.29, 0.717) is 10.9 Å². The second-order valence-corrected chi connectivity index (χ2v) is 9.24. The van der Waals surface area contributed by atoms with Crippen LogP contribution in [0.2, 0.25) is 0 Å². The van der Waals surface area contributed by atoms with Gasteiger partial charge in [-0.25, -0.2) is 8.42 Å². The lowest BCUT2D eigenvalue weighted by Crippen LogP contribution is -2.28. The van der Waals surface area contributed by atoms with Crippen molar-refractivity contribution in [1.29, 1.82) is 0 Å². The Bertz CT molecular complexity index is 1170. The van der Waals surface area contributed by atoms with Gasteiger partial charge in [0.15, 0.2) is 0 Å². The van der Waals surface area contributed by atoms with E-state index in [2.05, 4.69) is 9.88 Å². The number of para-hydroxylation sites is 1. The first kappa shape index (κ1) is 19.4. The van der Waals surface area contributed by atoms with Gasteiger partial charge >= 0.3 is 0 Å². The molecule has 1 aromatic heterocycles. The molecule has 1 N–H and O–H groups in total. The summed E-state index contributed by atoms with van der Waals surface area (Å²) in [6.07, 6.45) is 3.68. The van der Waals surface area contributed by atoms with E-state index >= 15 is 0 Å². The van der Waals surface area contributed by atoms with Crippen LogP contribution in [-0.4, -0.2) is 42.8 Å². The van der Waals surface area contributed by atoms with Gasteiger partial charge in [0.1, 0.15) is 4.90 Å². The molecule has 4 rings (SSSR count). The first-order chi connectivity index (χ1) is 13.9. The Morgan fingerprint density at radius 3 is 2.62 bits per heavy atom. The number of anilines is 1. The van der Waals surface area contributed by atoms with Crippen LogP contribution in [0, 0.1) is 10.1 Å². The Kier molecular flexibility index (Phi) is 5.01. The molecule has 0 saturated carbocycles. The molecule has 152 valence electrons. The van der Waals surface area contributed by atoms with Gasteiger partial charge < -0.3 is 9.88 Å². The topological polar surface area (TPSA) is 99.6 Å². The van der Waals surface area contributed by atoms with E-state index in [0.717, 1.165) is 37.2 Å². The fraction of sp³-hybridized carbons (Fsp3) is 0.300. The number of rotatable bonds is 6. The number of aromatic nitrogens is 1. The zero-order chi connectivity index (χ0) is 20.6. The van der Waals surface area contributed by atoms with Crippen LogP contribution in [0.5, 0.6) is 0 Å². The molecule has 9 heteroatoms. The highest BCUT2D eigenvalue weighted by molar-refractivity contribution is 7.89. The SMILES string of the molecule is CN(Cc1ccccc1N1CCCC1)S(=O)(=O)c1c[nH]c2cc([N+](=O)[O-])ccc12. The van der Waals surface area contributed by atoms with Gasteiger partial charge in [-0.15, -0.1) is 0 Å². The van der Waals surface area contributed by atoms with Gasteiger partial charge in [0.2, 0.25) is 10.0 Å². The van der Waals surface area contributed by atoms with Gasteiger partial charge in [-0.2, -0.15) is 4.31 Å². The van der Waals surface area contributed by atoms with Gasteiger partial charge in [0, 0.05) is 56.1 Å². The summed E-state index contributed by atoms with van der Waals surface area (Å²) in [6, 6.07) is 12.0. The van der Waals surface area contributed by atoms with E-state index in [4.69, 9.17) is 0 Å². The average Bonchev–Trinajstić information content (AvgIpc) is 3.38. The third kappa shape index (κ3) is 3.58. The molecular weight excluding hydrogens is 392 g/mol. The van der Waals surface area contributed by atoms with Crippen molar-refractivity contribution in [2.24, 2.45) is 0 Å². The molecule has 1 aliphatic rings. The summed E-state index contributed by atoms with van der Waals surface area (Å²) in [4.78, 5) is 15.7. The van der Waals surface area contributed by atoms with Crippen molar-refractivity contribution in [2.75, 3.05) is 25.0 Å². The van der Waals surface area contributed by atoms with Crippen LogP contribution in [0.1, 0.15) is 18.4 Å². The number of aromatic amines is 1. The number of H-pyrrole nitrogens is 1. The number of fused-ring (bicyclic) bond motifs is 1. The molecular formula is C20H22N4O4S. The highest BCUT2D eigenvalue weighted by atomic mass is 32.2. The van der Waals surface area contributed by atoms with Crippen LogP contribution >= 0.6 is 0 Å². The summed E-state index contributed by atoms with van der Waals surface area (Å²) in [6.45, 7) is 2.21. The fourth-order valence-electron chi connectivity index (χ4n) is 3.82. The molecule has 0 radical (unpaired) electrons. The summed E-state index contributed by atoms with van der Waals surface area (Å²) < 4.78 is 27.8. The maximum atomic E-state index is 13.2. The number of nitro benzene ring substituents is 1. The van der Waals surface area contributed by atoms with Crippen molar-refractivity contribution in [3.63, 3.8) is 0 Å². The van der Waals surface area contributed by atoms with Crippen molar-refractivity contribution in [1.82, 2.24) is 9.29 Å². The Balaban J connectivity index is 1.65. The maximum absolute atomic E-state index is 13.2. The molecule has 1 fully saturated rings. The highest BCUT2D eigenvalue weighted by Crippen LogP contribution is 2.30. The van der Waals surface area contributed by atoms with Crippen molar-refractivity contribution in [2.45, 2.75) is 24.3 Å². The van der Waals surface area contributed by atoms with Gasteiger partial charge in [0.25, 0.3) is 5.69 Å². The molecule has 29 heavy (non-hydrogen) atoms. The Hall–Kier alpha value is -2.91. The molecule has 3 aromatic rings. The lowest BCUT2D eigenvalue weighted by Gasteiger charge is -2.24. The number of benzene rings is 2. The molecule has 0 atom stereocenters. The van der Waals surface area contributed by atoms with E-state index in [-0.39, 0.29) is 17.1 Å². The number of nitro groups is 1. The number of non-ortho nitro benzene ring substituents is 1. The first-order valence-corrected chi connectivity index (χ1v) is 10.9. The number of hydrogen-bond acceptors (Lipinski definition) is 5. The zero-order valence-corrected chi connectivity index (χ0v) is 16.9. The summed E-state index contributed by atoms with van der Waals surface area (Å²) >= 11 is 0. The van der Waals surface area contributed by atoms with Crippen molar-refractivity contribution >= 4 is 32.3 Å². The quantitative estimate of drug-likeness (QED) is 0.492. The number of nitrogens with one attached hydrogen (secondary N) is 1. The van der Waals surface area contributed by atoms with E-state index in [1.807, 2.05) is 24.3 Å². The number of hydrogen-bond donors (Lipinski definition) is 1. The minimum absolute atomic E-state index is 0.0869. The largest absolute Gasteiger partial charge is 0.371 e. The van der Waals surface area contributed by atoms with Crippen molar-refractivity contribution in [3.05, 3.63) is 64.3 Å². The monoisotopic (exact) mass is 414 g/mol. The summed E-state index contributed by atoms with van der Waals surface area (Å²) in [7, 11) is -2.22. The molecule has 1 aliphatic heterocycles. The van der Waals surface area contributed by atoms with Crippen LogP contribution in [0.25, 0.3) is 10.9 Å². The lowest BCUT2D eigenvalue weighted by molar-refractivity contribution is -0.384. The Morgan fingerprint density at radius 1 is 1.17 bits per heavy atom. The highest BCUT2D eigenvalue weighted by Gasteiger charge is 2.26. The van der Waals surface area contributed by atoms with Crippen molar-refractivity contribution < 1.29 is 13.3 Å². The minimum Gasteiger partial charge on any atom is -0.371 e. The second-order valence-electron chi connectivity index (χ2n) is 7.22. The summed E-state index contributed by atoms with van der Waals surface area (Å²) in [5.41, 5.74) is 2.36. The Morgan fingerprint density at radius 2 is 1.90 bits per heavy atom. The standard InChI is InChI=1S/C20H22N4O4S/c1-22(14-15-6-2-3-7-19(15)23-10-4-5-11-23)29(27,28)20-13-21-18-12-16(24(25)26)8-9-17(18)20/h2-3,6-9,12-13,21H,4-5,10-11,14H2,1H3. The molecule has 8 nitrogen and oxygen atoms in total. The van der Waals surface area contributed by atoms with E-state index < -0.39 is 14.9 Å². The van der Waals surface area contributed by atoms with E-state index in [1.165, 1.54) is 28.7 Å². The van der Waals surface area contributed by atoms with Crippen LogP contribution in [0.3, 0.4) is 0 Å². The number of sulfonamides is 1. The lowest BCUT2D eigenvalue weighted by atomic mass is 10.1. The van der Waals surface area contributed by atoms with E-state index in [9.17, 15) is 18.5 Å². The molecule has 2 heterocycles. The van der Waals surface area contributed by atoms with Gasteiger partial charge in [-0.1, -0.05) is 18.2 Å². The molecule has 1 saturated heterocycles. The maximum Gasteiger partial charge on any atom is 0.271 e. The third-order valence-electron chi connectivity index (χ3n) is 5.36. The predicted molar refractivity (Wildman–Crippen MR) is 111 cm³/mol. The minimum atomic E-state index is -3.78. The van der Waals surface area contributed by atoms with Crippen molar-refractivity contribution in [3.8, 4) is 0 Å². The third-order valence-corrected chi connectivity index (χ3v) is 7.20. The molecule has 2 aromatic carbocycles. The normalized spacial score (nSPS) is 14.8. The van der Waals surface area contributed by atoms with Crippen LogP contribution in [0.15, 0.2) is 53.6 Å². The fourth-order valence-corrected chi connectivity index (χ4v) is 5.13. The average molecular weight is 414 g/mol. The molecule has 0 amide bonds. The van der Waals surface area contributed by atoms with Gasteiger partial charge in [0.05, 0.1) is 10.4 Å². The molecule has 0 spiro atoms. The zero-order valence-electron chi connectivity index (χ0n) is 16.0. The van der Waals surface area contributed by atoms with E-state index in [1.54, 1.807) is 7.05 Å². The second kappa shape index (κ2) is 7.49. The van der Waals surface area contributed by atoms with Crippen LogP contribution in [-0.2, 0) is 16.6 Å². The summed E-state index contributed by atoms with van der Waals surface area (Å²) in [5.74, 6) is 0. The molecule has 0 bridgehead atoms.